The molecule has 0 atom stereocenters. The summed E-state index contributed by atoms with van der Waals surface area (Å²) in [7, 11) is 0. The first-order valence-corrected chi connectivity index (χ1v) is 12.6. The highest BCUT2D eigenvalue weighted by molar-refractivity contribution is 5.82. The van der Waals surface area contributed by atoms with Gasteiger partial charge in [0.25, 0.3) is 5.56 Å². The summed E-state index contributed by atoms with van der Waals surface area (Å²) in [6.07, 6.45) is 5.06. The van der Waals surface area contributed by atoms with Crippen molar-refractivity contribution in [2.45, 2.75) is 39.5 Å². The maximum atomic E-state index is 13.9. The van der Waals surface area contributed by atoms with E-state index in [-0.39, 0.29) is 5.56 Å². The summed E-state index contributed by atoms with van der Waals surface area (Å²) in [5, 5.41) is 11.5. The van der Waals surface area contributed by atoms with Crippen LogP contribution in [-0.4, -0.2) is 14.5 Å². The summed E-state index contributed by atoms with van der Waals surface area (Å²) in [6.45, 7) is 4.02. The zero-order chi connectivity index (χ0) is 25.8. The molecule has 0 saturated carbocycles. The van der Waals surface area contributed by atoms with Gasteiger partial charge in [-0.3, -0.25) is 4.79 Å². The van der Waals surface area contributed by atoms with Gasteiger partial charge in [-0.15, -0.1) is 0 Å². The minimum atomic E-state index is -0.0692. The molecule has 3 aromatic carbocycles. The van der Waals surface area contributed by atoms with Gasteiger partial charge >= 0.3 is 0 Å². The lowest BCUT2D eigenvalue weighted by Crippen LogP contribution is -2.29. The minimum absolute atomic E-state index is 0.0692. The average molecular weight is 485 g/mol. The van der Waals surface area contributed by atoms with Crippen LogP contribution in [-0.2, 0) is 12.8 Å². The van der Waals surface area contributed by atoms with Crippen LogP contribution >= 0.6 is 0 Å². The van der Waals surface area contributed by atoms with E-state index >= 15 is 0 Å². The van der Waals surface area contributed by atoms with E-state index in [0.29, 0.717) is 29.2 Å². The molecule has 2 aromatic heterocycles. The maximum Gasteiger partial charge on any atom is 0.263 e. The van der Waals surface area contributed by atoms with Crippen molar-refractivity contribution in [3.8, 4) is 23.0 Å². The van der Waals surface area contributed by atoms with E-state index in [0.717, 1.165) is 52.4 Å². The Labute approximate surface area is 216 Å². The average Bonchev–Trinajstić information content (AvgIpc) is 2.94. The molecule has 0 spiro atoms. The smallest absolute Gasteiger partial charge is 0.263 e. The Bertz CT molecular complexity index is 1680. The van der Waals surface area contributed by atoms with Gasteiger partial charge in [-0.25, -0.2) is 14.5 Å². The van der Waals surface area contributed by atoms with E-state index < -0.39 is 0 Å². The predicted molar refractivity (Wildman–Crippen MR) is 148 cm³/mol. The third-order valence-electron chi connectivity index (χ3n) is 6.74. The summed E-state index contributed by atoms with van der Waals surface area (Å²) < 4.78 is 1.63. The Balaban J connectivity index is 1.56. The predicted octanol–water partition coefficient (Wildman–Crippen LogP) is 6.56. The molecule has 0 radical (unpaired) electrons. The van der Waals surface area contributed by atoms with Crippen molar-refractivity contribution in [3.05, 3.63) is 124 Å². The van der Waals surface area contributed by atoms with Gasteiger partial charge in [0, 0.05) is 23.6 Å². The van der Waals surface area contributed by atoms with Gasteiger partial charge in [-0.05, 0) is 54.0 Å². The van der Waals surface area contributed by atoms with E-state index in [4.69, 9.17) is 4.98 Å². The molecule has 5 nitrogen and oxygen atoms in total. The Morgan fingerprint density at radius 1 is 0.946 bits per heavy atom. The normalized spacial score (nSPS) is 10.9. The summed E-state index contributed by atoms with van der Waals surface area (Å²) in [4.78, 5) is 23.4. The Morgan fingerprint density at radius 2 is 1.68 bits per heavy atom. The fourth-order valence-corrected chi connectivity index (χ4v) is 4.75. The fourth-order valence-electron chi connectivity index (χ4n) is 4.75. The van der Waals surface area contributed by atoms with Crippen LogP contribution in [0.4, 0.5) is 0 Å². The molecule has 0 amide bonds. The van der Waals surface area contributed by atoms with Gasteiger partial charge in [0.1, 0.15) is 11.6 Å². The van der Waals surface area contributed by atoms with E-state index in [1.165, 1.54) is 0 Å². The number of hydrogen-bond acceptors (Lipinski definition) is 4. The second-order valence-corrected chi connectivity index (χ2v) is 9.25. The lowest BCUT2D eigenvalue weighted by Gasteiger charge is -2.15. The number of benzene rings is 3. The monoisotopic (exact) mass is 484 g/mol. The van der Waals surface area contributed by atoms with Crippen molar-refractivity contribution in [1.82, 2.24) is 14.5 Å². The van der Waals surface area contributed by atoms with Crippen LogP contribution in [0.2, 0.25) is 0 Å². The molecule has 0 unspecified atom stereocenters. The molecule has 0 N–H and O–H groups in total. The lowest BCUT2D eigenvalue weighted by atomic mass is 9.97. The number of pyridine rings is 1. The second-order valence-electron chi connectivity index (χ2n) is 9.25. The molecule has 0 aliphatic rings. The zero-order valence-electron chi connectivity index (χ0n) is 21.1. The first kappa shape index (κ1) is 24.1. The summed E-state index contributed by atoms with van der Waals surface area (Å²) >= 11 is 0. The van der Waals surface area contributed by atoms with Crippen LogP contribution in [0.25, 0.3) is 27.7 Å². The lowest BCUT2D eigenvalue weighted by molar-refractivity contribution is 0.729. The van der Waals surface area contributed by atoms with E-state index in [1.807, 2.05) is 85.8 Å². The first-order chi connectivity index (χ1) is 18.1. The van der Waals surface area contributed by atoms with Gasteiger partial charge in [0.05, 0.1) is 17.3 Å². The topological polar surface area (TPSA) is 71.6 Å². The fraction of sp³-hybridized carbons (Fsp3) is 0.188. The molecule has 5 aromatic rings. The third kappa shape index (κ3) is 4.92. The minimum Gasteiger partial charge on any atom is -0.268 e. The first-order valence-electron chi connectivity index (χ1n) is 12.6. The van der Waals surface area contributed by atoms with Crippen molar-refractivity contribution in [1.29, 1.82) is 5.26 Å². The highest BCUT2D eigenvalue weighted by atomic mass is 16.1. The van der Waals surface area contributed by atoms with E-state index in [1.54, 1.807) is 10.8 Å². The molecule has 0 aliphatic carbocycles. The van der Waals surface area contributed by atoms with Crippen LogP contribution in [0.5, 0.6) is 0 Å². The van der Waals surface area contributed by atoms with Crippen LogP contribution in [0.15, 0.2) is 89.9 Å². The van der Waals surface area contributed by atoms with Gasteiger partial charge in [-0.1, -0.05) is 80.1 Å². The molecular weight excluding hydrogens is 456 g/mol. The molecule has 182 valence electrons. The summed E-state index contributed by atoms with van der Waals surface area (Å²) in [5.74, 6) is 1.23. The van der Waals surface area contributed by atoms with Crippen LogP contribution < -0.4 is 5.56 Å². The van der Waals surface area contributed by atoms with Crippen LogP contribution in [0.1, 0.15) is 48.0 Å². The number of rotatable bonds is 7. The van der Waals surface area contributed by atoms with Crippen molar-refractivity contribution >= 4 is 10.8 Å². The molecule has 0 bridgehead atoms. The number of hydrogen-bond donors (Lipinski definition) is 0. The molecule has 37 heavy (non-hydrogen) atoms. The third-order valence-corrected chi connectivity index (χ3v) is 6.74. The maximum absolute atomic E-state index is 13.9. The van der Waals surface area contributed by atoms with Gasteiger partial charge in [-0.2, -0.15) is 5.26 Å². The number of aromatic nitrogens is 3. The summed E-state index contributed by atoms with van der Waals surface area (Å²) in [5.41, 5.74) is 5.05. The van der Waals surface area contributed by atoms with Crippen LogP contribution in [0.3, 0.4) is 0 Å². The largest absolute Gasteiger partial charge is 0.268 e. The number of aryl methyl sites for hydroxylation is 2. The van der Waals surface area contributed by atoms with E-state index in [9.17, 15) is 10.1 Å². The zero-order valence-corrected chi connectivity index (χ0v) is 21.1. The van der Waals surface area contributed by atoms with Gasteiger partial charge in [0.15, 0.2) is 0 Å². The van der Waals surface area contributed by atoms with Crippen LogP contribution in [0, 0.1) is 18.3 Å². The second kappa shape index (κ2) is 10.6. The molecule has 0 saturated heterocycles. The number of nitriles is 1. The number of unbranched alkanes of at least 4 members (excludes halogenated alkanes) is 1. The molecule has 2 heterocycles. The van der Waals surface area contributed by atoms with Gasteiger partial charge in [0.2, 0.25) is 0 Å². The molecule has 0 aliphatic heterocycles. The standard InChI is InChI=1S/C32H28N4O/c1-3-4-13-30-29(18-23-14-16-24(17-15-23)28-12-8-7-10-26(28)20-33)32(37)36(22(2)35-30)31-19-25-9-5-6-11-27(25)21-34-31/h5-12,14-17,19,21H,3-4,13,18H2,1-2H3. The highest BCUT2D eigenvalue weighted by Gasteiger charge is 2.17. The molecule has 0 fully saturated rings. The number of fused-ring (bicyclic) bond motifs is 1. The van der Waals surface area contributed by atoms with Crippen molar-refractivity contribution in [2.75, 3.05) is 0 Å². The molecular formula is C32H28N4O. The molecule has 5 rings (SSSR count). The number of nitrogens with zero attached hydrogens (tertiary/aromatic N) is 4. The van der Waals surface area contributed by atoms with E-state index in [2.05, 4.69) is 18.0 Å². The quantitative estimate of drug-likeness (QED) is 0.262. The Hall–Kier alpha value is -4.56. The SMILES string of the molecule is CCCCc1nc(C)n(-c2cc3ccccc3cn2)c(=O)c1Cc1ccc(-c2ccccc2C#N)cc1. The van der Waals surface area contributed by atoms with Gasteiger partial charge < -0.3 is 0 Å². The van der Waals surface area contributed by atoms with Crippen molar-refractivity contribution in [2.24, 2.45) is 0 Å². The molecule has 5 heteroatoms. The Morgan fingerprint density at radius 3 is 2.43 bits per heavy atom. The summed E-state index contributed by atoms with van der Waals surface area (Å²) in [6, 6.07) is 27.9. The Kier molecular flexibility index (Phi) is 6.91. The van der Waals surface area contributed by atoms with Crippen molar-refractivity contribution < 1.29 is 0 Å². The highest BCUT2D eigenvalue weighted by Crippen LogP contribution is 2.25. The van der Waals surface area contributed by atoms with Crippen molar-refractivity contribution in [3.63, 3.8) is 0 Å².